The summed E-state index contributed by atoms with van der Waals surface area (Å²) in [5.41, 5.74) is 0.792. The van der Waals surface area contributed by atoms with Crippen molar-refractivity contribution in [2.45, 2.75) is 19.1 Å². The van der Waals surface area contributed by atoms with E-state index >= 15 is 0 Å². The summed E-state index contributed by atoms with van der Waals surface area (Å²) < 4.78 is 27.8. The first-order valence-corrected chi connectivity index (χ1v) is 10.8. The summed E-state index contributed by atoms with van der Waals surface area (Å²) in [6, 6.07) is 6.76. The van der Waals surface area contributed by atoms with E-state index in [1.165, 1.54) is 0 Å². The van der Waals surface area contributed by atoms with Gasteiger partial charge in [-0.3, -0.25) is 0 Å². The Morgan fingerprint density at radius 1 is 1.29 bits per heavy atom. The van der Waals surface area contributed by atoms with Gasteiger partial charge in [0, 0.05) is 16.2 Å². The zero-order valence-corrected chi connectivity index (χ0v) is 17.4. The molecule has 0 amide bonds. The molecule has 2 rings (SSSR count). The second-order valence-electron chi connectivity index (χ2n) is 5.07. The van der Waals surface area contributed by atoms with Gasteiger partial charge in [0.25, 0.3) is 0 Å². The number of hydrogen-bond donors (Lipinski definition) is 0. The van der Waals surface area contributed by atoms with Crippen molar-refractivity contribution in [1.82, 2.24) is 0 Å². The Balaban J connectivity index is 2.36. The minimum Gasteiger partial charge on any atom is -0.203 e. The number of halogens is 3. The van der Waals surface area contributed by atoms with Crippen LogP contribution in [0.3, 0.4) is 0 Å². The highest BCUT2D eigenvalue weighted by molar-refractivity contribution is 14.1. The van der Waals surface area contributed by atoms with Gasteiger partial charge in [-0.25, -0.2) is 8.78 Å². The highest BCUT2D eigenvalue weighted by Gasteiger charge is 2.11. The molecule has 0 aliphatic heterocycles. The molecular formula is C19H17F2IS2. The molecule has 2 aromatic carbocycles. The standard InChI is InChI=1S/C19H17F2IS2/c1-4-24-12(2)9-15(23-3)7-5-13-6-8-16-14(10-13)11-17(22)19(21)18(16)20/h6,8-12H,4H2,1-3H3/b15-9-. The van der Waals surface area contributed by atoms with E-state index in [2.05, 4.69) is 31.8 Å². The van der Waals surface area contributed by atoms with Crippen LogP contribution in [0.1, 0.15) is 19.4 Å². The third kappa shape index (κ3) is 4.90. The summed E-state index contributed by atoms with van der Waals surface area (Å²) in [7, 11) is 0. The molecule has 0 fully saturated rings. The van der Waals surface area contributed by atoms with Crippen molar-refractivity contribution in [2.75, 3.05) is 12.0 Å². The van der Waals surface area contributed by atoms with Crippen molar-refractivity contribution in [3.63, 3.8) is 0 Å². The largest absolute Gasteiger partial charge is 0.203 e. The Morgan fingerprint density at radius 3 is 2.71 bits per heavy atom. The normalized spacial score (nSPS) is 12.8. The average Bonchev–Trinajstić information content (AvgIpc) is 2.56. The lowest BCUT2D eigenvalue weighted by Gasteiger charge is -2.05. The van der Waals surface area contributed by atoms with Gasteiger partial charge in [-0.05, 0) is 71.2 Å². The van der Waals surface area contributed by atoms with E-state index < -0.39 is 11.6 Å². The molecular weight excluding hydrogens is 457 g/mol. The van der Waals surface area contributed by atoms with Gasteiger partial charge in [0.05, 0.1) is 8.48 Å². The minimum absolute atomic E-state index is 0.276. The molecule has 1 atom stereocenters. The number of hydrogen-bond acceptors (Lipinski definition) is 2. The van der Waals surface area contributed by atoms with Crippen molar-refractivity contribution in [2.24, 2.45) is 0 Å². The van der Waals surface area contributed by atoms with Crippen LogP contribution in [0.5, 0.6) is 0 Å². The van der Waals surface area contributed by atoms with Gasteiger partial charge >= 0.3 is 0 Å². The van der Waals surface area contributed by atoms with Gasteiger partial charge in [0.1, 0.15) is 0 Å². The van der Waals surface area contributed by atoms with Crippen molar-refractivity contribution in [3.05, 3.63) is 56.0 Å². The predicted molar refractivity (Wildman–Crippen MR) is 113 cm³/mol. The molecule has 0 N–H and O–H groups in total. The van der Waals surface area contributed by atoms with Crippen LogP contribution < -0.4 is 0 Å². The first-order chi connectivity index (χ1) is 11.5. The summed E-state index contributed by atoms with van der Waals surface area (Å²) in [5.74, 6) is 5.77. The average molecular weight is 474 g/mol. The van der Waals surface area contributed by atoms with E-state index in [4.69, 9.17) is 0 Å². The third-order valence-electron chi connectivity index (χ3n) is 3.34. The zero-order chi connectivity index (χ0) is 17.7. The molecule has 0 aliphatic rings. The van der Waals surface area contributed by atoms with Crippen LogP contribution in [0, 0.1) is 27.0 Å². The smallest absolute Gasteiger partial charge is 0.172 e. The lowest BCUT2D eigenvalue weighted by atomic mass is 10.1. The number of fused-ring (bicyclic) bond motifs is 1. The predicted octanol–water partition coefficient (Wildman–Crippen LogP) is 6.46. The molecule has 24 heavy (non-hydrogen) atoms. The second-order valence-corrected chi connectivity index (χ2v) is 8.73. The fraction of sp³-hybridized carbons (Fsp3) is 0.263. The second kappa shape index (κ2) is 9.12. The molecule has 0 heterocycles. The quantitative estimate of drug-likeness (QED) is 0.283. The molecule has 0 aliphatic carbocycles. The van der Waals surface area contributed by atoms with Gasteiger partial charge in [0.2, 0.25) is 0 Å². The van der Waals surface area contributed by atoms with E-state index in [0.717, 1.165) is 16.2 Å². The maximum Gasteiger partial charge on any atom is 0.172 e. The van der Waals surface area contributed by atoms with Crippen LogP contribution in [0.25, 0.3) is 10.8 Å². The SMILES string of the molecule is CCSC(C)/C=C(/C#Cc1ccc2c(F)c(F)c(I)cc2c1)SC. The van der Waals surface area contributed by atoms with Crippen LogP contribution in [-0.4, -0.2) is 17.3 Å². The number of benzene rings is 2. The van der Waals surface area contributed by atoms with Crippen molar-refractivity contribution in [3.8, 4) is 11.8 Å². The van der Waals surface area contributed by atoms with Gasteiger partial charge in [-0.15, -0.1) is 11.8 Å². The molecule has 2 aromatic rings. The first-order valence-electron chi connectivity index (χ1n) is 7.43. The lowest BCUT2D eigenvalue weighted by Crippen LogP contribution is -1.92. The molecule has 5 heteroatoms. The summed E-state index contributed by atoms with van der Waals surface area (Å²) in [5, 5.41) is 1.36. The number of thioether (sulfide) groups is 2. The van der Waals surface area contributed by atoms with Crippen LogP contribution in [0.4, 0.5) is 8.78 Å². The van der Waals surface area contributed by atoms with E-state index in [9.17, 15) is 8.78 Å². The summed E-state index contributed by atoms with van der Waals surface area (Å²) >= 11 is 5.29. The number of rotatable bonds is 4. The molecule has 0 radical (unpaired) electrons. The molecule has 0 saturated carbocycles. The van der Waals surface area contributed by atoms with Crippen molar-refractivity contribution < 1.29 is 8.78 Å². The van der Waals surface area contributed by atoms with Crippen molar-refractivity contribution >= 4 is 56.9 Å². The number of allylic oxidation sites excluding steroid dienone is 1. The van der Waals surface area contributed by atoms with Crippen LogP contribution in [0.2, 0.25) is 0 Å². The third-order valence-corrected chi connectivity index (χ3v) is 5.80. The molecule has 0 spiro atoms. The zero-order valence-electron chi connectivity index (χ0n) is 13.6. The van der Waals surface area contributed by atoms with Gasteiger partial charge < -0.3 is 0 Å². The topological polar surface area (TPSA) is 0 Å². The van der Waals surface area contributed by atoms with E-state index in [-0.39, 0.29) is 8.96 Å². The van der Waals surface area contributed by atoms with Gasteiger partial charge in [-0.1, -0.05) is 24.8 Å². The first kappa shape index (κ1) is 19.6. The maximum absolute atomic E-state index is 13.9. The Bertz CT molecular complexity index is 835. The fourth-order valence-corrected chi connectivity index (χ4v) is 4.11. The minimum atomic E-state index is -0.800. The highest BCUT2D eigenvalue weighted by atomic mass is 127. The Kier molecular flexibility index (Phi) is 7.45. The maximum atomic E-state index is 13.9. The van der Waals surface area contributed by atoms with Crippen LogP contribution in [0.15, 0.2) is 35.2 Å². The van der Waals surface area contributed by atoms with Gasteiger partial charge in [0.15, 0.2) is 11.6 Å². The van der Waals surface area contributed by atoms with Crippen LogP contribution in [-0.2, 0) is 0 Å². The molecule has 0 bridgehead atoms. The molecule has 0 saturated heterocycles. The Hall–Kier alpha value is -0.710. The Labute approximate surface area is 164 Å². The molecule has 1 unspecified atom stereocenters. The van der Waals surface area contributed by atoms with E-state index in [1.807, 2.05) is 18.0 Å². The highest BCUT2D eigenvalue weighted by Crippen LogP contribution is 2.26. The van der Waals surface area contributed by atoms with Crippen LogP contribution >= 0.6 is 46.1 Å². The monoisotopic (exact) mass is 474 g/mol. The summed E-state index contributed by atoms with van der Waals surface area (Å²) in [6.07, 6.45) is 4.16. The molecule has 0 aromatic heterocycles. The summed E-state index contributed by atoms with van der Waals surface area (Å²) in [6.45, 7) is 4.29. The fourth-order valence-electron chi connectivity index (χ4n) is 2.20. The van der Waals surface area contributed by atoms with Crippen molar-refractivity contribution in [1.29, 1.82) is 0 Å². The lowest BCUT2D eigenvalue weighted by molar-refractivity contribution is 0.512. The molecule has 126 valence electrons. The Morgan fingerprint density at radius 2 is 2.04 bits per heavy atom. The van der Waals surface area contributed by atoms with E-state index in [1.54, 1.807) is 58.6 Å². The molecule has 0 nitrogen and oxygen atoms in total. The van der Waals surface area contributed by atoms with E-state index in [0.29, 0.717) is 10.6 Å². The van der Waals surface area contributed by atoms with Gasteiger partial charge in [-0.2, -0.15) is 11.8 Å². The summed E-state index contributed by atoms with van der Waals surface area (Å²) in [4.78, 5) is 1.02.